The summed E-state index contributed by atoms with van der Waals surface area (Å²) < 4.78 is 11.9. The Kier molecular flexibility index (Phi) is 5.23. The van der Waals surface area contributed by atoms with Gasteiger partial charge >= 0.3 is 0 Å². The highest BCUT2D eigenvalue weighted by Gasteiger charge is 2.22. The van der Waals surface area contributed by atoms with E-state index >= 15 is 0 Å². The Bertz CT molecular complexity index is 690. The van der Waals surface area contributed by atoms with Crippen molar-refractivity contribution in [1.82, 2.24) is 14.6 Å². The number of aromatic nitrogens is 2. The molecule has 0 fully saturated rings. The number of carbonyl (C=O) groups excluding carboxylic acids is 1. The molecule has 0 spiro atoms. The third-order valence-electron chi connectivity index (χ3n) is 3.70. The average Bonchev–Trinajstić information content (AvgIpc) is 3.01. The van der Waals surface area contributed by atoms with Crippen LogP contribution in [0.4, 0.5) is 0 Å². The fourth-order valence-electron chi connectivity index (χ4n) is 2.64. The van der Waals surface area contributed by atoms with E-state index in [0.29, 0.717) is 17.1 Å². The summed E-state index contributed by atoms with van der Waals surface area (Å²) in [7, 11) is 3.17. The maximum Gasteiger partial charge on any atom is 0.255 e. The molecule has 2 aromatic rings. The Hall–Kier alpha value is -2.12. The smallest absolute Gasteiger partial charge is 0.255 e. The molecular weight excluding hydrogens is 298 g/mol. The van der Waals surface area contributed by atoms with Gasteiger partial charge in [-0.2, -0.15) is 0 Å². The number of aryl methyl sites for hydroxylation is 2. The van der Waals surface area contributed by atoms with E-state index in [1.165, 1.54) is 12.0 Å². The molecule has 1 N–H and O–H groups in total. The summed E-state index contributed by atoms with van der Waals surface area (Å²) in [5.74, 6) is 1.21. The Labute approximate surface area is 135 Å². The lowest BCUT2D eigenvalue weighted by molar-refractivity contribution is 0.0380. The second-order valence-electron chi connectivity index (χ2n) is 5.71. The van der Waals surface area contributed by atoms with Crippen molar-refractivity contribution in [2.75, 3.05) is 27.3 Å². The van der Waals surface area contributed by atoms with Crippen LogP contribution < -0.4 is 0 Å². The highest BCUT2D eigenvalue weighted by atomic mass is 16.5. The van der Waals surface area contributed by atoms with Gasteiger partial charge in [0.1, 0.15) is 5.76 Å². The van der Waals surface area contributed by atoms with Gasteiger partial charge in [0.15, 0.2) is 5.82 Å². The van der Waals surface area contributed by atoms with Gasteiger partial charge in [-0.1, -0.05) is 5.16 Å². The minimum absolute atomic E-state index is 0.153. The molecule has 2 heterocycles. The molecule has 0 bridgehead atoms. The van der Waals surface area contributed by atoms with Gasteiger partial charge in [0.2, 0.25) is 0 Å². The summed E-state index contributed by atoms with van der Waals surface area (Å²) >= 11 is 0. The van der Waals surface area contributed by atoms with E-state index in [-0.39, 0.29) is 19.1 Å². The van der Waals surface area contributed by atoms with Crippen LogP contribution in [0.15, 0.2) is 16.7 Å². The number of aliphatic hydroxyl groups excluding tert-OH is 1. The van der Waals surface area contributed by atoms with Crippen molar-refractivity contribution in [1.29, 1.82) is 0 Å². The number of hydrogen-bond acceptors (Lipinski definition) is 5. The molecule has 7 heteroatoms. The molecule has 0 aliphatic carbocycles. The van der Waals surface area contributed by atoms with E-state index in [2.05, 4.69) is 5.16 Å². The zero-order valence-electron chi connectivity index (χ0n) is 14.2. The number of carbonyl (C=O) groups is 1. The van der Waals surface area contributed by atoms with E-state index in [0.717, 1.165) is 11.4 Å². The van der Waals surface area contributed by atoms with Gasteiger partial charge in [0.25, 0.3) is 5.91 Å². The molecule has 2 aromatic heterocycles. The molecule has 0 saturated carbocycles. The van der Waals surface area contributed by atoms with Crippen LogP contribution in [0.3, 0.4) is 0 Å². The van der Waals surface area contributed by atoms with Crippen LogP contribution in [0.2, 0.25) is 0 Å². The maximum absolute atomic E-state index is 12.6. The van der Waals surface area contributed by atoms with Gasteiger partial charge in [-0.3, -0.25) is 9.36 Å². The number of amides is 1. The molecule has 0 aromatic carbocycles. The van der Waals surface area contributed by atoms with E-state index < -0.39 is 6.10 Å². The summed E-state index contributed by atoms with van der Waals surface area (Å²) in [4.78, 5) is 14.1. The zero-order valence-corrected chi connectivity index (χ0v) is 14.2. The lowest BCUT2D eigenvalue weighted by Gasteiger charge is -2.20. The van der Waals surface area contributed by atoms with Crippen LogP contribution in [-0.2, 0) is 4.74 Å². The monoisotopic (exact) mass is 321 g/mol. The van der Waals surface area contributed by atoms with E-state index in [9.17, 15) is 9.90 Å². The lowest BCUT2D eigenvalue weighted by Crippen LogP contribution is -2.36. The molecule has 1 unspecified atom stereocenters. The Morgan fingerprint density at radius 1 is 1.43 bits per heavy atom. The summed E-state index contributed by atoms with van der Waals surface area (Å²) in [5, 5.41) is 13.8. The van der Waals surface area contributed by atoms with E-state index in [4.69, 9.17) is 9.26 Å². The predicted octanol–water partition coefficient (Wildman–Crippen LogP) is 1.47. The highest BCUT2D eigenvalue weighted by molar-refractivity contribution is 5.95. The third kappa shape index (κ3) is 3.62. The second kappa shape index (κ2) is 6.97. The normalized spacial score (nSPS) is 12.4. The van der Waals surface area contributed by atoms with Gasteiger partial charge in [-0.05, 0) is 26.8 Å². The molecule has 7 nitrogen and oxygen atoms in total. The van der Waals surface area contributed by atoms with Crippen LogP contribution in [0.25, 0.3) is 5.82 Å². The summed E-state index contributed by atoms with van der Waals surface area (Å²) in [6.07, 6.45) is -0.712. The molecule has 0 radical (unpaired) electrons. The lowest BCUT2D eigenvalue weighted by atomic mass is 10.2. The molecule has 126 valence electrons. The van der Waals surface area contributed by atoms with Gasteiger partial charge in [0, 0.05) is 38.2 Å². The van der Waals surface area contributed by atoms with Crippen LogP contribution in [0, 0.1) is 20.8 Å². The topological polar surface area (TPSA) is 80.7 Å². The molecule has 0 aliphatic heterocycles. The molecule has 1 atom stereocenters. The number of rotatable bonds is 6. The van der Waals surface area contributed by atoms with E-state index in [1.54, 1.807) is 7.05 Å². The summed E-state index contributed by atoms with van der Waals surface area (Å²) in [6.45, 7) is 5.99. The molecule has 1 amide bonds. The number of hydrogen-bond donors (Lipinski definition) is 1. The number of ether oxygens (including phenoxy) is 1. The minimum Gasteiger partial charge on any atom is -0.389 e. The Balaban J connectivity index is 2.25. The van der Waals surface area contributed by atoms with Crippen molar-refractivity contribution in [2.45, 2.75) is 26.9 Å². The van der Waals surface area contributed by atoms with Crippen LogP contribution in [-0.4, -0.2) is 59.1 Å². The maximum atomic E-state index is 12.6. The van der Waals surface area contributed by atoms with Crippen LogP contribution in [0.1, 0.15) is 27.5 Å². The number of aliphatic hydroxyl groups is 1. The molecular formula is C16H23N3O4. The van der Waals surface area contributed by atoms with Crippen molar-refractivity contribution in [2.24, 2.45) is 0 Å². The average molecular weight is 321 g/mol. The number of methoxy groups -OCH3 is 1. The van der Waals surface area contributed by atoms with Gasteiger partial charge in [-0.25, -0.2) is 0 Å². The van der Waals surface area contributed by atoms with Gasteiger partial charge < -0.3 is 19.3 Å². The first kappa shape index (κ1) is 17.2. The van der Waals surface area contributed by atoms with Crippen molar-refractivity contribution in [3.05, 3.63) is 34.8 Å². The van der Waals surface area contributed by atoms with Crippen molar-refractivity contribution < 1.29 is 19.2 Å². The summed E-state index contributed by atoms with van der Waals surface area (Å²) in [6, 6.07) is 3.64. The first-order valence-electron chi connectivity index (χ1n) is 7.40. The van der Waals surface area contributed by atoms with Crippen molar-refractivity contribution >= 4 is 5.91 Å². The fourth-order valence-corrected chi connectivity index (χ4v) is 2.64. The van der Waals surface area contributed by atoms with E-state index in [1.807, 2.05) is 37.5 Å². The SMILES string of the molecule is COCC(O)CN(C)C(=O)c1cc(C)n(-c2cc(C)on2)c1C. The fraction of sp³-hybridized carbons (Fsp3) is 0.500. The van der Waals surface area contributed by atoms with Crippen LogP contribution >= 0.6 is 0 Å². The van der Waals surface area contributed by atoms with Crippen LogP contribution in [0.5, 0.6) is 0 Å². The predicted molar refractivity (Wildman–Crippen MR) is 84.9 cm³/mol. The highest BCUT2D eigenvalue weighted by Crippen LogP contribution is 2.21. The number of likely N-dealkylation sites (N-methyl/N-ethyl adjacent to an activating group) is 1. The van der Waals surface area contributed by atoms with Crippen molar-refractivity contribution in [3.63, 3.8) is 0 Å². The molecule has 0 aliphatic rings. The second-order valence-corrected chi connectivity index (χ2v) is 5.71. The van der Waals surface area contributed by atoms with Gasteiger partial charge in [0.05, 0.1) is 18.3 Å². The third-order valence-corrected chi connectivity index (χ3v) is 3.70. The molecule has 2 rings (SSSR count). The first-order valence-corrected chi connectivity index (χ1v) is 7.40. The largest absolute Gasteiger partial charge is 0.389 e. The Morgan fingerprint density at radius 2 is 2.13 bits per heavy atom. The molecule has 0 saturated heterocycles. The molecule has 23 heavy (non-hydrogen) atoms. The summed E-state index contributed by atoms with van der Waals surface area (Å²) in [5.41, 5.74) is 2.26. The minimum atomic E-state index is -0.712. The quantitative estimate of drug-likeness (QED) is 0.871. The zero-order chi connectivity index (χ0) is 17.1. The Morgan fingerprint density at radius 3 is 2.70 bits per heavy atom. The standard InChI is InChI=1S/C16H23N3O4/c1-10-6-14(16(21)18(4)8-13(20)9-22-5)12(3)19(10)15-7-11(2)23-17-15/h6-7,13,20H,8-9H2,1-5H3. The van der Waals surface area contributed by atoms with Gasteiger partial charge in [-0.15, -0.1) is 0 Å². The van der Waals surface area contributed by atoms with Crippen molar-refractivity contribution in [3.8, 4) is 5.82 Å². The first-order chi connectivity index (χ1) is 10.8. The number of nitrogens with zero attached hydrogens (tertiary/aromatic N) is 3.